The van der Waals surface area contributed by atoms with Gasteiger partial charge < -0.3 is 10.4 Å². The van der Waals surface area contributed by atoms with E-state index in [1.54, 1.807) is 38.2 Å². The Balaban J connectivity index is 1.42. The highest BCUT2D eigenvalue weighted by molar-refractivity contribution is 9.10. The normalized spacial score (nSPS) is 15.3. The summed E-state index contributed by atoms with van der Waals surface area (Å²) in [7, 11) is 1.54. The van der Waals surface area contributed by atoms with Gasteiger partial charge in [-0.05, 0) is 60.1 Å². The first kappa shape index (κ1) is 24.8. The largest absolute Gasteiger partial charge is 0.394 e. The summed E-state index contributed by atoms with van der Waals surface area (Å²) in [5.74, 6) is -0.984. The van der Waals surface area contributed by atoms with Gasteiger partial charge in [-0.3, -0.25) is 24.3 Å². The first-order valence-corrected chi connectivity index (χ1v) is 12.1. The monoisotopic (exact) mass is 568 g/mol. The highest BCUT2D eigenvalue weighted by Crippen LogP contribution is 2.36. The number of nitrogens with one attached hydrogen (secondary N) is 1. The fraction of sp³-hybridized carbons (Fsp3) is 0.240. The maximum Gasteiger partial charge on any atom is 0.330 e. The Bertz CT molecular complexity index is 1460. The molecule has 0 saturated carbocycles. The third-order valence-corrected chi connectivity index (χ3v) is 6.99. The van der Waals surface area contributed by atoms with E-state index in [9.17, 15) is 23.9 Å². The number of imide groups is 1. The van der Waals surface area contributed by atoms with E-state index < -0.39 is 29.2 Å². The molecule has 0 aliphatic carbocycles. The molecule has 12 heteroatoms. The molecule has 0 radical (unpaired) electrons. The van der Waals surface area contributed by atoms with E-state index in [2.05, 4.69) is 31.2 Å². The van der Waals surface area contributed by atoms with Gasteiger partial charge in [0.25, 0.3) is 11.8 Å². The van der Waals surface area contributed by atoms with Gasteiger partial charge in [0.2, 0.25) is 5.95 Å². The highest BCUT2D eigenvalue weighted by atomic mass is 79.9. The molecule has 3 aromatic rings. The maximum atomic E-state index is 14.5. The van der Waals surface area contributed by atoms with Crippen molar-refractivity contribution < 1.29 is 23.9 Å². The number of aromatic nitrogens is 2. The molecule has 190 valence electrons. The van der Waals surface area contributed by atoms with Crippen molar-refractivity contribution >= 4 is 56.9 Å². The number of urea groups is 1. The van der Waals surface area contributed by atoms with E-state index in [1.165, 1.54) is 35.0 Å². The molecule has 0 bridgehead atoms. The quantitative estimate of drug-likeness (QED) is 0.445. The fourth-order valence-corrected chi connectivity index (χ4v) is 4.92. The number of carbonyl (C=O) groups is 3. The minimum atomic E-state index is -1.05. The Morgan fingerprint density at radius 2 is 1.86 bits per heavy atom. The van der Waals surface area contributed by atoms with Crippen molar-refractivity contribution in [1.29, 1.82) is 0 Å². The number of aliphatic hydroxyl groups excluding tert-OH is 1. The predicted molar refractivity (Wildman–Crippen MR) is 138 cm³/mol. The molecule has 0 saturated heterocycles. The van der Waals surface area contributed by atoms with Gasteiger partial charge in [0.15, 0.2) is 0 Å². The van der Waals surface area contributed by atoms with Gasteiger partial charge in [-0.1, -0.05) is 6.07 Å². The zero-order valence-electron chi connectivity index (χ0n) is 20.1. The summed E-state index contributed by atoms with van der Waals surface area (Å²) in [6.45, 7) is 2.92. The number of aliphatic hydroxyl groups is 1. The minimum Gasteiger partial charge on any atom is -0.394 e. The van der Waals surface area contributed by atoms with Crippen molar-refractivity contribution in [2.75, 3.05) is 28.8 Å². The third-order valence-electron chi connectivity index (χ3n) is 6.35. The number of nitrogens with zero attached hydrogens (tertiary/aromatic N) is 5. The lowest BCUT2D eigenvalue weighted by atomic mass is 10.0. The summed E-state index contributed by atoms with van der Waals surface area (Å²) in [5, 5.41) is 12.6. The van der Waals surface area contributed by atoms with Gasteiger partial charge in [-0.25, -0.2) is 14.2 Å². The van der Waals surface area contributed by atoms with Gasteiger partial charge in [0, 0.05) is 29.0 Å². The Labute approximate surface area is 219 Å². The fourth-order valence-electron chi connectivity index (χ4n) is 4.36. The van der Waals surface area contributed by atoms with Crippen LogP contribution in [0.15, 0.2) is 47.1 Å². The van der Waals surface area contributed by atoms with Crippen molar-refractivity contribution in [3.05, 3.63) is 69.6 Å². The molecule has 3 heterocycles. The average molecular weight is 569 g/mol. The standard InChI is InChI=1S/C25H22BrFN6O4/c1-25(2,12-34)33-21(35)15-8-7-14(9-16(15)22(33)36)29-23-28-10-13-11-32(24(37)31(3)20(13)30-23)19-17(26)5-4-6-18(19)27/h4-10,34H,11-12H2,1-3H3,(H,28,29,30). The minimum absolute atomic E-state index is 0.0737. The summed E-state index contributed by atoms with van der Waals surface area (Å²) >= 11 is 3.31. The molecule has 1 aromatic heterocycles. The molecule has 10 nitrogen and oxygen atoms in total. The molecule has 37 heavy (non-hydrogen) atoms. The SMILES string of the molecule is CN1C(=O)N(c2c(F)cccc2Br)Cc2cnc(Nc3ccc4c(c3)C(=O)N(C(C)(C)CO)C4=O)nc21. The predicted octanol–water partition coefficient (Wildman–Crippen LogP) is 4.07. The van der Waals surface area contributed by atoms with Crippen molar-refractivity contribution in [3.63, 3.8) is 0 Å². The van der Waals surface area contributed by atoms with Crippen molar-refractivity contribution in [2.45, 2.75) is 25.9 Å². The zero-order valence-corrected chi connectivity index (χ0v) is 21.7. The third kappa shape index (κ3) is 4.02. The second-order valence-corrected chi connectivity index (χ2v) is 10.2. The molecule has 2 N–H and O–H groups in total. The lowest BCUT2D eigenvalue weighted by Gasteiger charge is -2.34. The smallest absolute Gasteiger partial charge is 0.330 e. The Morgan fingerprint density at radius 3 is 2.57 bits per heavy atom. The van der Waals surface area contributed by atoms with Crippen LogP contribution in [0.4, 0.5) is 32.3 Å². The Kier molecular flexibility index (Phi) is 5.95. The topological polar surface area (TPSA) is 119 Å². The highest BCUT2D eigenvalue weighted by Gasteiger charge is 2.44. The van der Waals surface area contributed by atoms with Crippen LogP contribution in [-0.2, 0) is 6.54 Å². The van der Waals surface area contributed by atoms with E-state index in [-0.39, 0.29) is 35.9 Å². The van der Waals surface area contributed by atoms with E-state index in [0.29, 0.717) is 21.5 Å². The van der Waals surface area contributed by atoms with Gasteiger partial charge in [0.1, 0.15) is 11.6 Å². The van der Waals surface area contributed by atoms with Crippen LogP contribution < -0.4 is 15.1 Å². The molecule has 5 rings (SSSR count). The Morgan fingerprint density at radius 1 is 1.14 bits per heavy atom. The van der Waals surface area contributed by atoms with Gasteiger partial charge in [-0.2, -0.15) is 4.98 Å². The van der Waals surface area contributed by atoms with Crippen LogP contribution in [0.1, 0.15) is 40.1 Å². The van der Waals surface area contributed by atoms with Crippen molar-refractivity contribution in [1.82, 2.24) is 14.9 Å². The Hall–Kier alpha value is -3.90. The second kappa shape index (κ2) is 8.89. The lowest BCUT2D eigenvalue weighted by molar-refractivity contribution is 0.0353. The summed E-state index contributed by atoms with van der Waals surface area (Å²) in [6.07, 6.45) is 1.54. The van der Waals surface area contributed by atoms with Gasteiger partial charge in [0.05, 0.1) is 35.5 Å². The van der Waals surface area contributed by atoms with Gasteiger partial charge >= 0.3 is 6.03 Å². The summed E-state index contributed by atoms with van der Waals surface area (Å²) in [5.41, 5.74) is 0.597. The molecule has 0 fully saturated rings. The van der Waals surface area contributed by atoms with Crippen LogP contribution in [-0.4, -0.2) is 57.0 Å². The van der Waals surface area contributed by atoms with E-state index in [1.807, 2.05) is 0 Å². The zero-order chi connectivity index (χ0) is 26.6. The molecule has 2 aliphatic rings. The number of rotatable bonds is 5. The molecule has 0 unspecified atom stereocenters. The number of hydrogen-bond donors (Lipinski definition) is 2. The number of halogens is 2. The number of hydrogen-bond acceptors (Lipinski definition) is 7. The molecule has 2 aliphatic heterocycles. The summed E-state index contributed by atoms with van der Waals surface area (Å²) < 4.78 is 15.0. The van der Waals surface area contributed by atoms with Crippen molar-refractivity contribution in [2.24, 2.45) is 0 Å². The molecular formula is C25H22BrFN6O4. The molecular weight excluding hydrogens is 547 g/mol. The number of benzene rings is 2. The van der Waals surface area contributed by atoms with Crippen LogP contribution in [0.5, 0.6) is 0 Å². The number of para-hydroxylation sites is 1. The number of amides is 4. The van der Waals surface area contributed by atoms with Crippen LogP contribution >= 0.6 is 15.9 Å². The van der Waals surface area contributed by atoms with Crippen LogP contribution in [0.3, 0.4) is 0 Å². The maximum absolute atomic E-state index is 14.5. The van der Waals surface area contributed by atoms with Gasteiger partial charge in [-0.15, -0.1) is 0 Å². The van der Waals surface area contributed by atoms with E-state index >= 15 is 0 Å². The average Bonchev–Trinajstić information content (AvgIpc) is 3.12. The molecule has 2 aromatic carbocycles. The van der Waals surface area contributed by atoms with E-state index in [0.717, 1.165) is 4.90 Å². The molecule has 0 atom stereocenters. The summed E-state index contributed by atoms with van der Waals surface area (Å²) in [4.78, 5) is 51.2. The van der Waals surface area contributed by atoms with Crippen LogP contribution in [0.25, 0.3) is 0 Å². The van der Waals surface area contributed by atoms with Crippen LogP contribution in [0.2, 0.25) is 0 Å². The second-order valence-electron chi connectivity index (χ2n) is 9.34. The summed E-state index contributed by atoms with van der Waals surface area (Å²) in [6, 6.07) is 8.70. The lowest BCUT2D eigenvalue weighted by Crippen LogP contribution is -2.50. The first-order valence-electron chi connectivity index (χ1n) is 11.3. The molecule has 4 amide bonds. The van der Waals surface area contributed by atoms with Crippen LogP contribution in [0, 0.1) is 5.82 Å². The number of fused-ring (bicyclic) bond motifs is 2. The first-order chi connectivity index (χ1) is 17.5. The number of carbonyl (C=O) groups excluding carboxylic acids is 3. The molecule has 0 spiro atoms. The van der Waals surface area contributed by atoms with Crippen molar-refractivity contribution in [3.8, 4) is 0 Å². The number of anilines is 4. The van der Waals surface area contributed by atoms with E-state index in [4.69, 9.17) is 0 Å².